The molecule has 0 aliphatic heterocycles. The molecule has 0 fully saturated rings. The highest BCUT2D eigenvalue weighted by molar-refractivity contribution is 5.06. The predicted molar refractivity (Wildman–Crippen MR) is 62.6 cm³/mol. The molecule has 1 aromatic rings. The van der Waals surface area contributed by atoms with Crippen LogP contribution in [0.25, 0.3) is 0 Å². The summed E-state index contributed by atoms with van der Waals surface area (Å²) in [6, 6.07) is 0.318. The lowest BCUT2D eigenvalue weighted by Gasteiger charge is -2.22. The monoisotopic (exact) mass is 207 g/mol. The second-order valence-electron chi connectivity index (χ2n) is 4.11. The standard InChI is InChI=1S/C12H21N3/c1-5-6-9(2)12(13-4)11-8-14-10(3)7-15-11/h7-9,12-13H,5-6H2,1-4H3. The van der Waals surface area contributed by atoms with E-state index in [1.54, 1.807) is 0 Å². The number of hydrogen-bond donors (Lipinski definition) is 1. The van der Waals surface area contributed by atoms with Gasteiger partial charge in [0, 0.05) is 6.20 Å². The van der Waals surface area contributed by atoms with Crippen molar-refractivity contribution in [2.75, 3.05) is 7.05 Å². The van der Waals surface area contributed by atoms with Crippen molar-refractivity contribution in [1.29, 1.82) is 0 Å². The van der Waals surface area contributed by atoms with E-state index in [1.165, 1.54) is 12.8 Å². The third kappa shape index (κ3) is 3.27. The van der Waals surface area contributed by atoms with Crippen molar-refractivity contribution in [2.45, 2.75) is 39.7 Å². The molecule has 2 atom stereocenters. The molecule has 0 saturated heterocycles. The first-order valence-corrected chi connectivity index (χ1v) is 5.64. The number of nitrogens with zero attached hydrogens (tertiary/aromatic N) is 2. The van der Waals surface area contributed by atoms with Crippen molar-refractivity contribution in [2.24, 2.45) is 5.92 Å². The van der Waals surface area contributed by atoms with E-state index in [1.807, 2.05) is 26.4 Å². The van der Waals surface area contributed by atoms with Gasteiger partial charge in [0.1, 0.15) is 0 Å². The molecule has 0 spiro atoms. The average molecular weight is 207 g/mol. The van der Waals surface area contributed by atoms with Gasteiger partial charge in [-0.2, -0.15) is 0 Å². The molecule has 1 heterocycles. The largest absolute Gasteiger partial charge is 0.311 e. The Morgan fingerprint density at radius 2 is 2.07 bits per heavy atom. The van der Waals surface area contributed by atoms with Crippen molar-refractivity contribution in [3.63, 3.8) is 0 Å². The van der Waals surface area contributed by atoms with Gasteiger partial charge in [0.2, 0.25) is 0 Å². The molecule has 0 radical (unpaired) electrons. The van der Waals surface area contributed by atoms with Crippen LogP contribution >= 0.6 is 0 Å². The molecule has 15 heavy (non-hydrogen) atoms. The molecule has 0 aliphatic rings. The smallest absolute Gasteiger partial charge is 0.0758 e. The van der Waals surface area contributed by atoms with E-state index in [9.17, 15) is 0 Å². The van der Waals surface area contributed by atoms with Crippen LogP contribution in [0.3, 0.4) is 0 Å². The maximum atomic E-state index is 4.43. The Hall–Kier alpha value is -0.960. The van der Waals surface area contributed by atoms with Crippen LogP contribution in [0, 0.1) is 12.8 Å². The van der Waals surface area contributed by atoms with E-state index in [0.717, 1.165) is 11.4 Å². The summed E-state index contributed by atoms with van der Waals surface area (Å²) in [6.45, 7) is 6.43. The molecule has 0 aliphatic carbocycles. The molecular weight excluding hydrogens is 186 g/mol. The van der Waals surface area contributed by atoms with Gasteiger partial charge in [-0.25, -0.2) is 0 Å². The fourth-order valence-corrected chi connectivity index (χ4v) is 1.91. The van der Waals surface area contributed by atoms with E-state index in [2.05, 4.69) is 29.1 Å². The minimum Gasteiger partial charge on any atom is -0.311 e. The highest BCUT2D eigenvalue weighted by atomic mass is 14.9. The number of aromatic nitrogens is 2. The Bertz CT molecular complexity index is 281. The maximum absolute atomic E-state index is 4.43. The summed E-state index contributed by atoms with van der Waals surface area (Å²) in [7, 11) is 1.98. The molecule has 1 rings (SSSR count). The summed E-state index contributed by atoms with van der Waals surface area (Å²) in [6.07, 6.45) is 6.13. The molecule has 0 saturated carbocycles. The molecule has 1 aromatic heterocycles. The van der Waals surface area contributed by atoms with Crippen LogP contribution in [0.5, 0.6) is 0 Å². The molecule has 3 heteroatoms. The maximum Gasteiger partial charge on any atom is 0.0758 e. The first-order chi connectivity index (χ1) is 7.19. The number of nitrogens with one attached hydrogen (secondary N) is 1. The van der Waals surface area contributed by atoms with Gasteiger partial charge in [-0.05, 0) is 26.3 Å². The zero-order valence-corrected chi connectivity index (χ0v) is 10.1. The van der Waals surface area contributed by atoms with Crippen LogP contribution in [0.4, 0.5) is 0 Å². The Balaban J connectivity index is 2.77. The summed E-state index contributed by atoms with van der Waals surface area (Å²) < 4.78 is 0. The quantitative estimate of drug-likeness (QED) is 0.806. The van der Waals surface area contributed by atoms with Crippen LogP contribution in [-0.2, 0) is 0 Å². The molecule has 0 bridgehead atoms. The van der Waals surface area contributed by atoms with Crippen LogP contribution in [0.2, 0.25) is 0 Å². The zero-order chi connectivity index (χ0) is 11.3. The van der Waals surface area contributed by atoms with E-state index in [0.29, 0.717) is 12.0 Å². The Morgan fingerprint density at radius 3 is 2.53 bits per heavy atom. The third-order valence-electron chi connectivity index (χ3n) is 2.74. The highest BCUT2D eigenvalue weighted by Gasteiger charge is 2.17. The normalized spacial score (nSPS) is 14.9. The second-order valence-corrected chi connectivity index (χ2v) is 4.11. The van der Waals surface area contributed by atoms with Crippen molar-refractivity contribution in [3.05, 3.63) is 23.8 Å². The van der Waals surface area contributed by atoms with E-state index in [-0.39, 0.29) is 0 Å². The summed E-state index contributed by atoms with van der Waals surface area (Å²) in [5.74, 6) is 0.594. The average Bonchev–Trinajstić information content (AvgIpc) is 2.22. The number of hydrogen-bond acceptors (Lipinski definition) is 3. The van der Waals surface area contributed by atoms with Gasteiger partial charge in [-0.15, -0.1) is 0 Å². The van der Waals surface area contributed by atoms with Gasteiger partial charge in [-0.1, -0.05) is 20.3 Å². The Kier molecular flexibility index (Phi) is 4.69. The minimum absolute atomic E-state index is 0.318. The van der Waals surface area contributed by atoms with Crippen molar-refractivity contribution >= 4 is 0 Å². The lowest BCUT2D eigenvalue weighted by molar-refractivity contribution is 0.376. The van der Waals surface area contributed by atoms with Crippen LogP contribution in [-0.4, -0.2) is 17.0 Å². The first-order valence-electron chi connectivity index (χ1n) is 5.64. The third-order valence-corrected chi connectivity index (χ3v) is 2.74. The highest BCUT2D eigenvalue weighted by Crippen LogP contribution is 2.22. The van der Waals surface area contributed by atoms with Gasteiger partial charge < -0.3 is 5.32 Å². The number of aryl methyl sites for hydroxylation is 1. The topological polar surface area (TPSA) is 37.8 Å². The molecule has 2 unspecified atom stereocenters. The van der Waals surface area contributed by atoms with Crippen molar-refractivity contribution < 1.29 is 0 Å². The van der Waals surface area contributed by atoms with Crippen LogP contribution < -0.4 is 5.32 Å². The van der Waals surface area contributed by atoms with Crippen molar-refractivity contribution in [1.82, 2.24) is 15.3 Å². The van der Waals surface area contributed by atoms with E-state index < -0.39 is 0 Å². The van der Waals surface area contributed by atoms with Gasteiger partial charge >= 0.3 is 0 Å². The lowest BCUT2D eigenvalue weighted by Crippen LogP contribution is -2.24. The predicted octanol–water partition coefficient (Wildman–Crippen LogP) is 2.48. The SMILES string of the molecule is CCCC(C)C(NC)c1cnc(C)cn1. The summed E-state index contributed by atoms with van der Waals surface area (Å²) in [5, 5.41) is 3.32. The fourth-order valence-electron chi connectivity index (χ4n) is 1.91. The summed E-state index contributed by atoms with van der Waals surface area (Å²) in [5.41, 5.74) is 2.01. The van der Waals surface area contributed by atoms with E-state index in [4.69, 9.17) is 0 Å². The van der Waals surface area contributed by atoms with Gasteiger partial charge in [0.15, 0.2) is 0 Å². The molecule has 84 valence electrons. The van der Waals surface area contributed by atoms with Gasteiger partial charge in [0.05, 0.1) is 23.6 Å². The van der Waals surface area contributed by atoms with Crippen molar-refractivity contribution in [3.8, 4) is 0 Å². The summed E-state index contributed by atoms with van der Waals surface area (Å²) in [4.78, 5) is 8.72. The van der Waals surface area contributed by atoms with Gasteiger partial charge in [-0.3, -0.25) is 9.97 Å². The minimum atomic E-state index is 0.318. The first kappa shape index (κ1) is 12.1. The van der Waals surface area contributed by atoms with Crippen LogP contribution in [0.15, 0.2) is 12.4 Å². The van der Waals surface area contributed by atoms with Gasteiger partial charge in [0.25, 0.3) is 0 Å². The summed E-state index contributed by atoms with van der Waals surface area (Å²) >= 11 is 0. The molecule has 1 N–H and O–H groups in total. The van der Waals surface area contributed by atoms with E-state index >= 15 is 0 Å². The molecule has 0 aromatic carbocycles. The Labute approximate surface area is 92.3 Å². The zero-order valence-electron chi connectivity index (χ0n) is 10.1. The lowest BCUT2D eigenvalue weighted by atomic mass is 9.95. The van der Waals surface area contributed by atoms with Crippen LogP contribution in [0.1, 0.15) is 44.1 Å². The number of rotatable bonds is 5. The molecule has 3 nitrogen and oxygen atoms in total. The fraction of sp³-hybridized carbons (Fsp3) is 0.667. The Morgan fingerprint density at radius 1 is 1.33 bits per heavy atom. The molecule has 0 amide bonds. The molecular formula is C12H21N3. The second kappa shape index (κ2) is 5.81.